The first-order valence-electron chi connectivity index (χ1n) is 7.78. The number of esters is 1. The molecule has 10 heteroatoms. The number of anilines is 2. The maximum atomic E-state index is 12.8. The Morgan fingerprint density at radius 1 is 1.22 bits per heavy atom. The summed E-state index contributed by atoms with van der Waals surface area (Å²) in [5, 5.41) is 2.90. The Kier molecular flexibility index (Phi) is 5.36. The molecular weight excluding hydrogens is 381 g/mol. The van der Waals surface area contributed by atoms with Crippen LogP contribution < -0.4 is 5.32 Å². The van der Waals surface area contributed by atoms with E-state index in [0.717, 1.165) is 29.7 Å². The number of ether oxygens (including phenoxy) is 1. The fraction of sp³-hybridized carbons (Fsp3) is 0.176. The molecule has 0 aliphatic carbocycles. The minimum atomic E-state index is -4.49. The molecule has 1 N–H and O–H groups in total. The highest BCUT2D eigenvalue weighted by Gasteiger charge is 2.31. The van der Waals surface area contributed by atoms with Gasteiger partial charge in [0.1, 0.15) is 16.4 Å². The molecule has 0 saturated heterocycles. The van der Waals surface area contributed by atoms with E-state index in [2.05, 4.69) is 20.3 Å². The number of thiazole rings is 1. The maximum Gasteiger partial charge on any atom is 0.416 e. The highest BCUT2D eigenvalue weighted by Crippen LogP contribution is 2.34. The number of carbonyl (C=O) groups is 1. The SMILES string of the molecule is CCOC(=O)c1sc(Nc2cc(C(F)(F)F)ccn2)nc1-c1ccccn1. The number of nitrogens with one attached hydrogen (secondary N) is 1. The minimum absolute atomic E-state index is 0.0402. The second-order valence-electron chi connectivity index (χ2n) is 5.18. The molecule has 6 nitrogen and oxygen atoms in total. The fourth-order valence-corrected chi connectivity index (χ4v) is 3.04. The topological polar surface area (TPSA) is 77.0 Å². The number of halogens is 3. The second kappa shape index (κ2) is 7.70. The fourth-order valence-electron chi connectivity index (χ4n) is 2.17. The van der Waals surface area contributed by atoms with Crippen molar-refractivity contribution in [2.45, 2.75) is 13.1 Å². The van der Waals surface area contributed by atoms with Crippen LogP contribution in [0.2, 0.25) is 0 Å². The van der Waals surface area contributed by atoms with Gasteiger partial charge in [-0.05, 0) is 31.2 Å². The van der Waals surface area contributed by atoms with Gasteiger partial charge in [0.25, 0.3) is 0 Å². The number of carbonyl (C=O) groups excluding carboxylic acids is 1. The average molecular weight is 394 g/mol. The predicted molar refractivity (Wildman–Crippen MR) is 93.8 cm³/mol. The molecule has 0 bridgehead atoms. The Morgan fingerprint density at radius 3 is 2.70 bits per heavy atom. The number of hydrogen-bond acceptors (Lipinski definition) is 7. The lowest BCUT2D eigenvalue weighted by atomic mass is 10.2. The molecule has 0 amide bonds. The number of hydrogen-bond donors (Lipinski definition) is 1. The van der Waals surface area contributed by atoms with Crippen molar-refractivity contribution in [2.75, 3.05) is 11.9 Å². The lowest BCUT2D eigenvalue weighted by molar-refractivity contribution is -0.137. The van der Waals surface area contributed by atoms with Gasteiger partial charge in [-0.1, -0.05) is 17.4 Å². The normalized spacial score (nSPS) is 11.3. The summed E-state index contributed by atoms with van der Waals surface area (Å²) in [4.78, 5) is 24.7. The number of pyridine rings is 2. The highest BCUT2D eigenvalue weighted by atomic mass is 32.1. The number of nitrogens with zero attached hydrogens (tertiary/aromatic N) is 3. The molecule has 0 aromatic carbocycles. The van der Waals surface area contributed by atoms with Crippen molar-refractivity contribution in [3.8, 4) is 11.4 Å². The van der Waals surface area contributed by atoms with Crippen LogP contribution in [-0.2, 0) is 10.9 Å². The molecular formula is C17H13F3N4O2S. The Labute approximate surface area is 156 Å². The molecule has 140 valence electrons. The van der Waals surface area contributed by atoms with Gasteiger partial charge in [0.2, 0.25) is 0 Å². The summed E-state index contributed by atoms with van der Waals surface area (Å²) in [6.45, 7) is 1.85. The zero-order valence-electron chi connectivity index (χ0n) is 13.9. The van der Waals surface area contributed by atoms with Gasteiger partial charge >= 0.3 is 12.1 Å². The summed E-state index contributed by atoms with van der Waals surface area (Å²) in [6.07, 6.45) is -1.90. The average Bonchev–Trinajstić information content (AvgIpc) is 3.06. The molecule has 0 atom stereocenters. The van der Waals surface area contributed by atoms with Crippen molar-refractivity contribution in [1.82, 2.24) is 15.0 Å². The van der Waals surface area contributed by atoms with Crippen molar-refractivity contribution in [2.24, 2.45) is 0 Å². The summed E-state index contributed by atoms with van der Waals surface area (Å²) in [5.74, 6) is -0.623. The molecule has 0 radical (unpaired) electrons. The molecule has 0 saturated carbocycles. The second-order valence-corrected chi connectivity index (χ2v) is 6.18. The van der Waals surface area contributed by atoms with Gasteiger partial charge in [-0.15, -0.1) is 0 Å². The van der Waals surface area contributed by atoms with Crippen molar-refractivity contribution in [3.05, 3.63) is 53.2 Å². The summed E-state index contributed by atoms with van der Waals surface area (Å²) >= 11 is 0.953. The number of rotatable bonds is 5. The van der Waals surface area contributed by atoms with Crippen LogP contribution in [0, 0.1) is 0 Å². The van der Waals surface area contributed by atoms with Gasteiger partial charge in [-0.3, -0.25) is 4.98 Å². The van der Waals surface area contributed by atoms with Crippen molar-refractivity contribution < 1.29 is 22.7 Å². The van der Waals surface area contributed by atoms with Crippen molar-refractivity contribution in [1.29, 1.82) is 0 Å². The van der Waals surface area contributed by atoms with Crippen LogP contribution in [0.15, 0.2) is 42.7 Å². The zero-order chi connectivity index (χ0) is 19.4. The lowest BCUT2D eigenvalue weighted by Crippen LogP contribution is -2.06. The van der Waals surface area contributed by atoms with Crippen LogP contribution in [0.25, 0.3) is 11.4 Å². The Bertz CT molecular complexity index is 945. The van der Waals surface area contributed by atoms with E-state index >= 15 is 0 Å². The maximum absolute atomic E-state index is 12.8. The quantitative estimate of drug-likeness (QED) is 0.641. The van der Waals surface area contributed by atoms with E-state index in [-0.39, 0.29) is 28.1 Å². The molecule has 27 heavy (non-hydrogen) atoms. The number of alkyl halides is 3. The van der Waals surface area contributed by atoms with Gasteiger partial charge in [0.15, 0.2) is 5.13 Å². The summed E-state index contributed by atoms with van der Waals surface area (Å²) in [7, 11) is 0. The van der Waals surface area contributed by atoms with E-state index in [1.165, 1.54) is 0 Å². The molecule has 0 fully saturated rings. The van der Waals surface area contributed by atoms with Gasteiger partial charge < -0.3 is 10.1 Å². The lowest BCUT2D eigenvalue weighted by Gasteiger charge is -2.08. The van der Waals surface area contributed by atoms with E-state index in [4.69, 9.17) is 4.74 Å². The molecule has 0 aliphatic heterocycles. The molecule has 3 aromatic rings. The zero-order valence-corrected chi connectivity index (χ0v) is 14.8. The van der Waals surface area contributed by atoms with E-state index in [0.29, 0.717) is 5.69 Å². The molecule has 0 unspecified atom stereocenters. The summed E-state index contributed by atoms with van der Waals surface area (Å²) < 4.78 is 43.6. The first-order chi connectivity index (χ1) is 12.9. The van der Waals surface area contributed by atoms with Crippen molar-refractivity contribution in [3.63, 3.8) is 0 Å². The van der Waals surface area contributed by atoms with Gasteiger partial charge in [0, 0.05) is 12.4 Å². The van der Waals surface area contributed by atoms with Gasteiger partial charge in [-0.2, -0.15) is 13.2 Å². The van der Waals surface area contributed by atoms with Gasteiger partial charge in [-0.25, -0.2) is 14.8 Å². The summed E-state index contributed by atoms with van der Waals surface area (Å²) in [6, 6.07) is 6.86. The monoisotopic (exact) mass is 394 g/mol. The third-order valence-electron chi connectivity index (χ3n) is 3.32. The van der Waals surface area contributed by atoms with Crippen LogP contribution in [0.4, 0.5) is 24.1 Å². The van der Waals surface area contributed by atoms with Crippen LogP contribution in [0.5, 0.6) is 0 Å². The Hall–Kier alpha value is -3.01. The minimum Gasteiger partial charge on any atom is -0.462 e. The van der Waals surface area contributed by atoms with Crippen LogP contribution in [-0.4, -0.2) is 27.5 Å². The largest absolute Gasteiger partial charge is 0.462 e. The highest BCUT2D eigenvalue weighted by molar-refractivity contribution is 7.18. The Morgan fingerprint density at radius 2 is 2.04 bits per heavy atom. The third kappa shape index (κ3) is 4.40. The number of aromatic nitrogens is 3. The van der Waals surface area contributed by atoms with Crippen LogP contribution in [0.3, 0.4) is 0 Å². The molecule has 3 heterocycles. The molecule has 3 aromatic heterocycles. The summed E-state index contributed by atoms with van der Waals surface area (Å²) in [5.41, 5.74) is -0.109. The van der Waals surface area contributed by atoms with Crippen LogP contribution >= 0.6 is 11.3 Å². The first-order valence-corrected chi connectivity index (χ1v) is 8.59. The smallest absolute Gasteiger partial charge is 0.416 e. The molecule has 0 aliphatic rings. The van der Waals surface area contributed by atoms with Gasteiger partial charge in [0.05, 0.1) is 17.9 Å². The van der Waals surface area contributed by atoms with E-state index in [9.17, 15) is 18.0 Å². The standard InChI is InChI=1S/C17H13F3N4O2S/c1-2-26-15(25)14-13(11-5-3-4-7-21-11)24-16(27-14)23-12-9-10(6-8-22-12)17(18,19)20/h3-9H,2H2,1H3,(H,22,23,24). The van der Waals surface area contributed by atoms with E-state index in [1.807, 2.05) is 0 Å². The Balaban J connectivity index is 1.96. The van der Waals surface area contributed by atoms with E-state index < -0.39 is 17.7 Å². The van der Waals surface area contributed by atoms with Crippen LogP contribution in [0.1, 0.15) is 22.2 Å². The van der Waals surface area contributed by atoms with E-state index in [1.54, 1.807) is 31.3 Å². The molecule has 3 rings (SSSR count). The predicted octanol–water partition coefficient (Wildman–Crippen LogP) is 4.54. The molecule has 0 spiro atoms. The third-order valence-corrected chi connectivity index (χ3v) is 4.27. The van der Waals surface area contributed by atoms with Crippen molar-refractivity contribution >= 4 is 28.3 Å². The first kappa shape index (κ1) is 18.8.